The molecule has 0 N–H and O–H groups in total. The summed E-state index contributed by atoms with van der Waals surface area (Å²) in [5.41, 5.74) is 2.40. The highest BCUT2D eigenvalue weighted by Crippen LogP contribution is 2.62. The number of aryl methyl sites for hydroxylation is 1. The number of rotatable bonds is 3. The fraction of sp³-hybridized carbons (Fsp3) is 0.625. The number of fused-ring (bicyclic) bond motifs is 5. The van der Waals surface area contributed by atoms with E-state index in [0.29, 0.717) is 23.5 Å². The molecule has 6 nitrogen and oxygen atoms in total. The van der Waals surface area contributed by atoms with E-state index in [1.54, 1.807) is 0 Å². The molecule has 5 unspecified atom stereocenters. The van der Waals surface area contributed by atoms with Gasteiger partial charge in [-0.25, -0.2) is 0 Å². The van der Waals surface area contributed by atoms with Crippen LogP contribution < -0.4 is 4.74 Å². The van der Waals surface area contributed by atoms with Gasteiger partial charge in [-0.3, -0.25) is 14.4 Å². The van der Waals surface area contributed by atoms with E-state index in [1.807, 2.05) is 12.1 Å². The van der Waals surface area contributed by atoms with Gasteiger partial charge >= 0.3 is 17.9 Å². The van der Waals surface area contributed by atoms with Crippen LogP contribution in [0, 0.1) is 17.3 Å². The SMILES string of the molecule is CC(=O)Oc1ccc2c(c1)CCC1C2CCC2(C)C1CC(OC(C)=O)[C@@H]2OC(C)=O. The molecular formula is C24H30O6. The summed E-state index contributed by atoms with van der Waals surface area (Å²) in [6.07, 6.45) is 3.83. The smallest absolute Gasteiger partial charge is 0.308 e. The van der Waals surface area contributed by atoms with E-state index in [9.17, 15) is 14.4 Å². The molecule has 0 radical (unpaired) electrons. The molecule has 1 aromatic rings. The summed E-state index contributed by atoms with van der Waals surface area (Å²) in [7, 11) is 0. The Hall–Kier alpha value is -2.37. The summed E-state index contributed by atoms with van der Waals surface area (Å²) in [4.78, 5) is 34.8. The zero-order valence-electron chi connectivity index (χ0n) is 18.1. The second kappa shape index (κ2) is 7.71. The van der Waals surface area contributed by atoms with Crippen molar-refractivity contribution in [1.29, 1.82) is 0 Å². The Morgan fingerprint density at radius 2 is 1.73 bits per heavy atom. The highest BCUT2D eigenvalue weighted by Gasteiger charge is 2.61. The van der Waals surface area contributed by atoms with Gasteiger partial charge in [-0.1, -0.05) is 13.0 Å². The summed E-state index contributed by atoms with van der Waals surface area (Å²) < 4.78 is 16.6. The van der Waals surface area contributed by atoms with Gasteiger partial charge in [0.15, 0.2) is 0 Å². The van der Waals surface area contributed by atoms with Gasteiger partial charge in [0.1, 0.15) is 18.0 Å². The molecule has 0 bridgehead atoms. The maximum Gasteiger partial charge on any atom is 0.308 e. The predicted octanol–water partition coefficient (Wildman–Crippen LogP) is 3.94. The first-order chi connectivity index (χ1) is 14.2. The van der Waals surface area contributed by atoms with Crippen molar-refractivity contribution in [2.75, 3.05) is 0 Å². The van der Waals surface area contributed by atoms with Gasteiger partial charge in [0.25, 0.3) is 0 Å². The van der Waals surface area contributed by atoms with Crippen LogP contribution in [0.2, 0.25) is 0 Å². The first-order valence-corrected chi connectivity index (χ1v) is 10.8. The fourth-order valence-electron chi connectivity index (χ4n) is 6.44. The quantitative estimate of drug-likeness (QED) is 0.551. The standard InChI is InChI=1S/C24H30O6/c1-13(25)28-17-6-8-18-16(11-17)5-7-20-19(18)9-10-24(4)21(20)12-22(29-14(2)26)23(24)30-15(3)27/h6,8,11,19-23H,5,7,9-10,12H2,1-4H3/t19?,20?,21?,22?,23-,24?/m0/s1. The summed E-state index contributed by atoms with van der Waals surface area (Å²) in [5.74, 6) is 0.839. The number of ether oxygens (including phenoxy) is 3. The van der Waals surface area contributed by atoms with Crippen molar-refractivity contribution in [2.45, 2.75) is 77.9 Å². The van der Waals surface area contributed by atoms with Crippen LogP contribution in [-0.2, 0) is 30.3 Å². The molecule has 0 aromatic heterocycles. The lowest BCUT2D eigenvalue weighted by atomic mass is 9.55. The van der Waals surface area contributed by atoms with E-state index < -0.39 is 6.10 Å². The van der Waals surface area contributed by atoms with E-state index in [4.69, 9.17) is 14.2 Å². The zero-order chi connectivity index (χ0) is 21.6. The van der Waals surface area contributed by atoms with Crippen LogP contribution in [0.25, 0.3) is 0 Å². The lowest BCUT2D eigenvalue weighted by Crippen LogP contribution is -2.46. The van der Waals surface area contributed by atoms with Crippen molar-refractivity contribution in [3.05, 3.63) is 29.3 Å². The molecule has 6 atom stereocenters. The third kappa shape index (κ3) is 3.61. The van der Waals surface area contributed by atoms with E-state index in [2.05, 4.69) is 13.0 Å². The maximum atomic E-state index is 11.8. The summed E-state index contributed by atoms with van der Waals surface area (Å²) in [6.45, 7) is 6.45. The first kappa shape index (κ1) is 20.9. The Bertz CT molecular complexity index is 876. The van der Waals surface area contributed by atoms with Gasteiger partial charge in [0.2, 0.25) is 0 Å². The summed E-state index contributed by atoms with van der Waals surface area (Å²) in [6, 6.07) is 5.99. The third-order valence-corrected chi connectivity index (χ3v) is 7.48. The number of esters is 3. The lowest BCUT2D eigenvalue weighted by molar-refractivity contribution is -0.171. The highest BCUT2D eigenvalue weighted by molar-refractivity contribution is 5.69. The number of carbonyl (C=O) groups is 3. The van der Waals surface area contributed by atoms with Crippen molar-refractivity contribution < 1.29 is 28.6 Å². The third-order valence-electron chi connectivity index (χ3n) is 7.48. The minimum absolute atomic E-state index is 0.192. The molecule has 0 saturated heterocycles. The van der Waals surface area contributed by atoms with Crippen molar-refractivity contribution in [3.63, 3.8) is 0 Å². The highest BCUT2D eigenvalue weighted by atomic mass is 16.6. The Kier molecular flexibility index (Phi) is 5.37. The lowest BCUT2D eigenvalue weighted by Gasteiger charge is -2.50. The van der Waals surface area contributed by atoms with E-state index in [0.717, 1.165) is 32.1 Å². The minimum atomic E-state index is -0.391. The molecule has 0 spiro atoms. The van der Waals surface area contributed by atoms with Crippen LogP contribution >= 0.6 is 0 Å². The average Bonchev–Trinajstić information content (AvgIpc) is 2.92. The van der Waals surface area contributed by atoms with Crippen molar-refractivity contribution in [2.24, 2.45) is 17.3 Å². The van der Waals surface area contributed by atoms with Crippen molar-refractivity contribution >= 4 is 17.9 Å². The van der Waals surface area contributed by atoms with Crippen LogP contribution in [0.1, 0.15) is 70.4 Å². The van der Waals surface area contributed by atoms with Gasteiger partial charge < -0.3 is 14.2 Å². The molecule has 162 valence electrons. The second-order valence-corrected chi connectivity index (χ2v) is 9.33. The van der Waals surface area contributed by atoms with Gasteiger partial charge in [-0.05, 0) is 73.1 Å². The van der Waals surface area contributed by atoms with Crippen molar-refractivity contribution in [3.8, 4) is 5.75 Å². The molecule has 30 heavy (non-hydrogen) atoms. The summed E-state index contributed by atoms with van der Waals surface area (Å²) in [5, 5.41) is 0. The van der Waals surface area contributed by atoms with E-state index in [1.165, 1.54) is 31.9 Å². The van der Waals surface area contributed by atoms with Crippen LogP contribution in [0.3, 0.4) is 0 Å². The molecule has 0 heterocycles. The number of carbonyl (C=O) groups excluding carboxylic acids is 3. The molecule has 3 aliphatic carbocycles. The zero-order valence-corrected chi connectivity index (χ0v) is 18.1. The number of hydrogen-bond acceptors (Lipinski definition) is 6. The van der Waals surface area contributed by atoms with Crippen LogP contribution in [0.15, 0.2) is 18.2 Å². The Balaban J connectivity index is 1.62. The average molecular weight is 414 g/mol. The Labute approximate surface area is 177 Å². The van der Waals surface area contributed by atoms with Gasteiger partial charge in [0, 0.05) is 26.2 Å². The Morgan fingerprint density at radius 1 is 1.00 bits per heavy atom. The second-order valence-electron chi connectivity index (χ2n) is 9.33. The molecule has 4 rings (SSSR count). The Morgan fingerprint density at radius 3 is 2.40 bits per heavy atom. The monoisotopic (exact) mass is 414 g/mol. The van der Waals surface area contributed by atoms with Crippen molar-refractivity contribution in [1.82, 2.24) is 0 Å². The topological polar surface area (TPSA) is 78.9 Å². The van der Waals surface area contributed by atoms with Gasteiger partial charge in [-0.2, -0.15) is 0 Å². The van der Waals surface area contributed by atoms with Crippen LogP contribution in [0.4, 0.5) is 0 Å². The molecule has 0 aliphatic heterocycles. The summed E-state index contributed by atoms with van der Waals surface area (Å²) >= 11 is 0. The first-order valence-electron chi connectivity index (χ1n) is 10.8. The predicted molar refractivity (Wildman–Crippen MR) is 109 cm³/mol. The molecule has 3 aliphatic rings. The minimum Gasteiger partial charge on any atom is -0.459 e. The van der Waals surface area contributed by atoms with Crippen LogP contribution in [-0.4, -0.2) is 30.1 Å². The molecule has 6 heteroatoms. The van der Waals surface area contributed by atoms with E-state index >= 15 is 0 Å². The normalized spacial score (nSPS) is 34.2. The van der Waals surface area contributed by atoms with E-state index in [-0.39, 0.29) is 29.4 Å². The van der Waals surface area contributed by atoms with Gasteiger partial charge in [0.05, 0.1) is 0 Å². The van der Waals surface area contributed by atoms with Crippen LogP contribution in [0.5, 0.6) is 5.75 Å². The fourth-order valence-corrected chi connectivity index (χ4v) is 6.44. The molecule has 2 saturated carbocycles. The molecular weight excluding hydrogens is 384 g/mol. The number of hydrogen-bond donors (Lipinski definition) is 0. The maximum absolute atomic E-state index is 11.8. The molecule has 1 aromatic carbocycles. The largest absolute Gasteiger partial charge is 0.459 e. The van der Waals surface area contributed by atoms with Gasteiger partial charge in [-0.15, -0.1) is 0 Å². The molecule has 2 fully saturated rings. The number of benzene rings is 1. The molecule has 0 amide bonds.